The summed E-state index contributed by atoms with van der Waals surface area (Å²) in [6.07, 6.45) is -1.40. The number of nitrogens with zero attached hydrogens (tertiary/aromatic N) is 1. The minimum Gasteiger partial charge on any atom is -0.497 e. The van der Waals surface area contributed by atoms with E-state index in [1.54, 1.807) is 14.2 Å². The van der Waals surface area contributed by atoms with Crippen LogP contribution >= 0.6 is 15.9 Å². The van der Waals surface area contributed by atoms with E-state index in [1.807, 2.05) is 78.9 Å². The molecule has 0 spiro atoms. The van der Waals surface area contributed by atoms with Crippen molar-refractivity contribution in [2.24, 2.45) is 0 Å². The molecular weight excluding hydrogens is 580 g/mol. The highest BCUT2D eigenvalue weighted by Gasteiger charge is 2.42. The van der Waals surface area contributed by atoms with Crippen molar-refractivity contribution >= 4 is 15.9 Å². The van der Waals surface area contributed by atoms with Gasteiger partial charge < -0.3 is 29.0 Å². The van der Waals surface area contributed by atoms with Crippen molar-refractivity contribution in [1.29, 1.82) is 0 Å². The van der Waals surface area contributed by atoms with Gasteiger partial charge in [-0.3, -0.25) is 4.79 Å². The molecule has 1 aliphatic rings. The van der Waals surface area contributed by atoms with Gasteiger partial charge in [0.2, 0.25) is 0 Å². The molecule has 2 heterocycles. The molecule has 9 nitrogen and oxygen atoms in total. The maximum atomic E-state index is 12.6. The van der Waals surface area contributed by atoms with Crippen molar-refractivity contribution in [3.8, 4) is 11.5 Å². The highest BCUT2D eigenvalue weighted by Crippen LogP contribution is 2.42. The molecule has 208 valence electrons. The number of hydrogen-bond acceptors (Lipinski definition) is 7. The van der Waals surface area contributed by atoms with Gasteiger partial charge in [-0.2, -0.15) is 0 Å². The molecule has 3 aromatic carbocycles. The van der Waals surface area contributed by atoms with Crippen LogP contribution in [0.1, 0.15) is 29.3 Å². The zero-order valence-electron chi connectivity index (χ0n) is 22.0. The Morgan fingerprint density at radius 2 is 1.48 bits per heavy atom. The summed E-state index contributed by atoms with van der Waals surface area (Å²) >= 11 is 3.15. The Hall–Kier alpha value is -3.70. The zero-order chi connectivity index (χ0) is 28.3. The van der Waals surface area contributed by atoms with E-state index >= 15 is 0 Å². The SMILES string of the molecule is COc1ccc(C(OC[C@H]2O[C@@H](n3c(=O)[nH]cc(Br)c3=O)C[C@H]2O)(c2ccccc2)c2ccc(OC)cc2)cc1. The third kappa shape index (κ3) is 5.23. The molecule has 0 bridgehead atoms. The number of ether oxygens (including phenoxy) is 4. The monoisotopic (exact) mass is 608 g/mol. The molecule has 10 heteroatoms. The van der Waals surface area contributed by atoms with Gasteiger partial charge in [-0.05, 0) is 56.9 Å². The van der Waals surface area contributed by atoms with Crippen molar-refractivity contribution in [3.05, 3.63) is 127 Å². The van der Waals surface area contributed by atoms with Gasteiger partial charge in [-0.15, -0.1) is 0 Å². The predicted molar refractivity (Wildman–Crippen MR) is 152 cm³/mol. The minimum atomic E-state index is -1.11. The van der Waals surface area contributed by atoms with Crippen LogP contribution in [-0.4, -0.2) is 47.7 Å². The van der Waals surface area contributed by atoms with Crippen LogP contribution in [0.2, 0.25) is 0 Å². The Balaban J connectivity index is 1.55. The summed E-state index contributed by atoms with van der Waals surface area (Å²) in [5, 5.41) is 10.9. The molecule has 1 aromatic heterocycles. The zero-order valence-corrected chi connectivity index (χ0v) is 23.5. The number of aliphatic hydroxyl groups is 1. The second-order valence-electron chi connectivity index (χ2n) is 9.36. The van der Waals surface area contributed by atoms with E-state index in [0.29, 0.717) is 11.5 Å². The van der Waals surface area contributed by atoms with Crippen molar-refractivity contribution in [2.75, 3.05) is 20.8 Å². The van der Waals surface area contributed by atoms with Crippen LogP contribution in [0, 0.1) is 0 Å². The third-order valence-corrected chi connectivity index (χ3v) is 7.66. The number of hydrogen-bond donors (Lipinski definition) is 2. The molecule has 40 heavy (non-hydrogen) atoms. The number of rotatable bonds is 9. The van der Waals surface area contributed by atoms with Gasteiger partial charge in [0.25, 0.3) is 5.56 Å². The number of aromatic nitrogens is 2. The molecule has 1 fully saturated rings. The molecular formula is C30H29BrN2O7. The maximum Gasteiger partial charge on any atom is 0.330 e. The van der Waals surface area contributed by atoms with E-state index in [9.17, 15) is 14.7 Å². The standard InChI is InChI=1S/C30H29BrN2O7/c1-37-22-12-8-20(9-13-22)30(19-6-4-3-5-7-19,21-10-14-23(38-2)15-11-21)39-18-26-25(34)16-27(40-26)33-28(35)24(31)17-32-29(33)36/h3-15,17,25-27,34H,16,18H2,1-2H3,(H,32,36)/t25-,26-,27-/m1/s1. The third-order valence-electron chi connectivity index (χ3n) is 7.09. The molecule has 2 N–H and O–H groups in total. The number of H-pyrrole nitrogens is 1. The molecule has 4 aromatic rings. The molecule has 0 aliphatic carbocycles. The van der Waals surface area contributed by atoms with Gasteiger partial charge in [-0.1, -0.05) is 54.6 Å². The fraction of sp³-hybridized carbons (Fsp3) is 0.267. The van der Waals surface area contributed by atoms with E-state index in [-0.39, 0.29) is 17.5 Å². The van der Waals surface area contributed by atoms with E-state index < -0.39 is 35.3 Å². The lowest BCUT2D eigenvalue weighted by molar-refractivity contribution is -0.0949. The summed E-state index contributed by atoms with van der Waals surface area (Å²) in [6, 6.07) is 24.9. The Bertz CT molecular complexity index is 1500. The lowest BCUT2D eigenvalue weighted by Gasteiger charge is -2.37. The molecule has 0 radical (unpaired) electrons. The summed E-state index contributed by atoms with van der Waals surface area (Å²) in [6.45, 7) is -0.0364. The second-order valence-corrected chi connectivity index (χ2v) is 10.2. The molecule has 0 saturated carbocycles. The normalized spacial score (nSPS) is 18.9. The topological polar surface area (TPSA) is 112 Å². The van der Waals surface area contributed by atoms with E-state index in [1.165, 1.54) is 6.20 Å². The number of benzene rings is 3. The van der Waals surface area contributed by atoms with Gasteiger partial charge in [0, 0.05) is 12.6 Å². The van der Waals surface area contributed by atoms with Gasteiger partial charge in [0.15, 0.2) is 0 Å². The van der Waals surface area contributed by atoms with Crippen molar-refractivity contribution in [3.63, 3.8) is 0 Å². The molecule has 1 saturated heterocycles. The number of aromatic amines is 1. The van der Waals surface area contributed by atoms with Gasteiger partial charge >= 0.3 is 5.69 Å². The van der Waals surface area contributed by atoms with Crippen molar-refractivity contribution in [2.45, 2.75) is 30.5 Å². The fourth-order valence-electron chi connectivity index (χ4n) is 5.03. The van der Waals surface area contributed by atoms with Gasteiger partial charge in [-0.25, -0.2) is 9.36 Å². The summed E-state index contributed by atoms with van der Waals surface area (Å²) in [4.78, 5) is 27.6. The first-order chi connectivity index (χ1) is 19.4. The number of aliphatic hydroxyl groups excluding tert-OH is 1. The maximum absolute atomic E-state index is 12.6. The van der Waals surface area contributed by atoms with E-state index in [0.717, 1.165) is 21.3 Å². The Morgan fingerprint density at radius 1 is 0.925 bits per heavy atom. The van der Waals surface area contributed by atoms with Crippen molar-refractivity contribution in [1.82, 2.24) is 9.55 Å². The first-order valence-electron chi connectivity index (χ1n) is 12.7. The lowest BCUT2D eigenvalue weighted by Crippen LogP contribution is -2.39. The van der Waals surface area contributed by atoms with Crippen LogP contribution in [0.5, 0.6) is 11.5 Å². The van der Waals surface area contributed by atoms with Crippen LogP contribution in [0.4, 0.5) is 0 Å². The Kier molecular flexibility index (Phi) is 8.22. The van der Waals surface area contributed by atoms with Crippen LogP contribution in [-0.2, 0) is 15.1 Å². The van der Waals surface area contributed by atoms with E-state index in [2.05, 4.69) is 20.9 Å². The molecule has 0 amide bonds. The highest BCUT2D eigenvalue weighted by molar-refractivity contribution is 9.10. The van der Waals surface area contributed by atoms with Crippen LogP contribution in [0.15, 0.2) is 99.1 Å². The average molecular weight is 609 g/mol. The molecule has 0 unspecified atom stereocenters. The first-order valence-corrected chi connectivity index (χ1v) is 13.5. The second kappa shape index (κ2) is 11.8. The number of halogens is 1. The van der Waals surface area contributed by atoms with Gasteiger partial charge in [0.05, 0.1) is 31.4 Å². The Labute approximate surface area is 239 Å². The quantitative estimate of drug-likeness (QED) is 0.276. The minimum absolute atomic E-state index is 0.0364. The van der Waals surface area contributed by atoms with Crippen LogP contribution in [0.25, 0.3) is 0 Å². The van der Waals surface area contributed by atoms with E-state index in [4.69, 9.17) is 18.9 Å². The molecule has 3 atom stereocenters. The first kappa shape index (κ1) is 27.9. The molecule has 1 aliphatic heterocycles. The average Bonchev–Trinajstić information content (AvgIpc) is 3.36. The van der Waals surface area contributed by atoms with Crippen LogP contribution < -0.4 is 20.7 Å². The largest absolute Gasteiger partial charge is 0.497 e. The summed E-state index contributed by atoms with van der Waals surface area (Å²) in [7, 11) is 3.21. The Morgan fingerprint density at radius 3 is 2.02 bits per heavy atom. The fourth-order valence-corrected chi connectivity index (χ4v) is 5.34. The van der Waals surface area contributed by atoms with Crippen LogP contribution in [0.3, 0.4) is 0 Å². The molecule has 5 rings (SSSR count). The number of methoxy groups -OCH3 is 2. The summed E-state index contributed by atoms with van der Waals surface area (Å²) in [5.41, 5.74) is 0.237. The summed E-state index contributed by atoms with van der Waals surface area (Å²) < 4.78 is 24.8. The smallest absolute Gasteiger partial charge is 0.330 e. The lowest BCUT2D eigenvalue weighted by atomic mass is 9.80. The summed E-state index contributed by atoms with van der Waals surface area (Å²) in [5.74, 6) is 1.39. The predicted octanol–water partition coefficient (Wildman–Crippen LogP) is 3.97. The number of nitrogens with one attached hydrogen (secondary N) is 1. The highest BCUT2D eigenvalue weighted by atomic mass is 79.9. The van der Waals surface area contributed by atoms with Crippen molar-refractivity contribution < 1.29 is 24.1 Å². The van der Waals surface area contributed by atoms with Gasteiger partial charge in [0.1, 0.15) is 29.4 Å².